The van der Waals surface area contributed by atoms with Crippen LogP contribution in [0.25, 0.3) is 21.8 Å². The molecule has 0 fully saturated rings. The van der Waals surface area contributed by atoms with E-state index in [1.54, 1.807) is 6.92 Å². The number of esters is 1. The highest BCUT2D eigenvalue weighted by atomic mass is 35.5. The van der Waals surface area contributed by atoms with Gasteiger partial charge in [-0.25, -0.2) is 29.5 Å². The van der Waals surface area contributed by atoms with Crippen molar-refractivity contribution in [3.8, 4) is 0 Å². The molecule has 13 nitrogen and oxygen atoms in total. The molecule has 14 heteroatoms. The Morgan fingerprint density at radius 2 is 1.19 bits per heavy atom. The van der Waals surface area contributed by atoms with Crippen LogP contribution in [0.1, 0.15) is 112 Å². The van der Waals surface area contributed by atoms with Crippen molar-refractivity contribution < 1.29 is 28.6 Å². The number of nitrogens with zero attached hydrogens (tertiary/aromatic N) is 4. The van der Waals surface area contributed by atoms with Crippen molar-refractivity contribution in [2.45, 2.75) is 111 Å². The monoisotopic (exact) mass is 737 g/mol. The van der Waals surface area contributed by atoms with Crippen LogP contribution < -0.4 is 16.0 Å². The number of aromatic nitrogens is 4. The molecular weight excluding hydrogens is 686 g/mol. The Labute approximate surface area is 311 Å². The molecule has 2 aromatic heterocycles. The number of ether oxygens (including phenoxy) is 3. The van der Waals surface area contributed by atoms with Gasteiger partial charge in [0.1, 0.15) is 22.2 Å². The van der Waals surface area contributed by atoms with Crippen LogP contribution in [-0.2, 0) is 19.0 Å². The summed E-state index contributed by atoms with van der Waals surface area (Å²) in [6.45, 7) is 17.5. The van der Waals surface area contributed by atoms with E-state index >= 15 is 0 Å². The Bertz CT molecular complexity index is 1810. The third-order valence-corrected chi connectivity index (χ3v) is 7.46. The first-order valence-electron chi connectivity index (χ1n) is 17.6. The lowest BCUT2D eigenvalue weighted by Gasteiger charge is -2.23. The number of carbonyl (C=O) groups is 3. The molecule has 0 aliphatic rings. The minimum absolute atomic E-state index is 0.208. The van der Waals surface area contributed by atoms with Crippen molar-refractivity contribution in [3.05, 3.63) is 65.3 Å². The summed E-state index contributed by atoms with van der Waals surface area (Å²) in [5.41, 5.74) is 0.393. The first-order chi connectivity index (χ1) is 24.5. The number of rotatable bonds is 12. The fourth-order valence-electron chi connectivity index (χ4n) is 4.87. The summed E-state index contributed by atoms with van der Waals surface area (Å²) in [6.07, 6.45) is 1.21. The Morgan fingerprint density at radius 1 is 0.712 bits per heavy atom. The van der Waals surface area contributed by atoms with Gasteiger partial charge in [-0.05, 0) is 92.0 Å². The summed E-state index contributed by atoms with van der Waals surface area (Å²) in [5.74, 6) is 1.45. The fraction of sp³-hybridized carbons (Fsp3) is 0.500. The number of hydrogen-bond donors (Lipinski definition) is 3. The van der Waals surface area contributed by atoms with Crippen LogP contribution in [0, 0.1) is 0 Å². The zero-order valence-corrected chi connectivity index (χ0v) is 32.4. The van der Waals surface area contributed by atoms with Crippen LogP contribution in [0.3, 0.4) is 0 Å². The van der Waals surface area contributed by atoms with Gasteiger partial charge in [0, 0.05) is 23.7 Å². The zero-order valence-electron chi connectivity index (χ0n) is 31.6. The number of amides is 2. The van der Waals surface area contributed by atoms with Crippen molar-refractivity contribution in [1.82, 2.24) is 30.6 Å². The van der Waals surface area contributed by atoms with Crippen LogP contribution in [-0.4, -0.2) is 62.4 Å². The van der Waals surface area contributed by atoms with Gasteiger partial charge < -0.3 is 30.2 Å². The van der Waals surface area contributed by atoms with Gasteiger partial charge in [-0.3, -0.25) is 4.79 Å². The van der Waals surface area contributed by atoms with Crippen molar-refractivity contribution in [2.24, 2.45) is 0 Å². The summed E-state index contributed by atoms with van der Waals surface area (Å²) in [6, 6.07) is 14.4. The number of hydrogen-bond acceptors (Lipinski definition) is 11. The van der Waals surface area contributed by atoms with Crippen LogP contribution >= 0.6 is 11.6 Å². The first kappa shape index (κ1) is 41.6. The van der Waals surface area contributed by atoms with E-state index in [1.165, 1.54) is 0 Å². The summed E-state index contributed by atoms with van der Waals surface area (Å²) >= 11 is 6.21. The molecule has 2 heterocycles. The van der Waals surface area contributed by atoms with Crippen molar-refractivity contribution >= 4 is 57.4 Å². The second-order valence-electron chi connectivity index (χ2n) is 13.9. The minimum atomic E-state index is -0.585. The van der Waals surface area contributed by atoms with Crippen LogP contribution in [0.2, 0.25) is 5.15 Å². The first-order valence-corrected chi connectivity index (χ1v) is 18.0. The maximum absolute atomic E-state index is 12.2. The van der Waals surface area contributed by atoms with Gasteiger partial charge in [-0.2, -0.15) is 0 Å². The zero-order chi connectivity index (χ0) is 38.5. The van der Waals surface area contributed by atoms with Crippen LogP contribution in [0.5, 0.6) is 0 Å². The van der Waals surface area contributed by atoms with Gasteiger partial charge in [0.25, 0.3) is 0 Å². The second-order valence-corrected chi connectivity index (χ2v) is 14.2. The van der Waals surface area contributed by atoms with Gasteiger partial charge in [-0.15, -0.1) is 0 Å². The molecule has 0 unspecified atom stereocenters. The molecule has 0 radical (unpaired) electrons. The molecule has 282 valence electrons. The van der Waals surface area contributed by atoms with Crippen LogP contribution in [0.4, 0.5) is 15.4 Å². The van der Waals surface area contributed by atoms with Crippen molar-refractivity contribution in [1.29, 1.82) is 0 Å². The van der Waals surface area contributed by atoms with Crippen molar-refractivity contribution in [2.75, 3.05) is 18.5 Å². The number of anilines is 1. The predicted octanol–water partition coefficient (Wildman–Crippen LogP) is 8.62. The SMILES string of the molecule is CCOC(=O)CCCNc1nc([C@H](CC)NC(=O)OC(C)(C)C)nc2ccccc12.CC[C@H](NC(=O)OC(C)(C)C)c1nc(Cl)c2ccccc2n1. The molecule has 0 aliphatic carbocycles. The Kier molecular flexibility index (Phi) is 15.3. The molecule has 0 spiro atoms. The van der Waals surface area contributed by atoms with E-state index in [1.807, 2.05) is 104 Å². The molecule has 2 amide bonds. The number of alkyl carbamates (subject to hydrolysis) is 2. The number of benzene rings is 2. The van der Waals surface area contributed by atoms with Gasteiger partial charge in [-0.1, -0.05) is 49.7 Å². The second kappa shape index (κ2) is 19.2. The maximum Gasteiger partial charge on any atom is 0.408 e. The normalized spacial score (nSPS) is 12.6. The highest BCUT2D eigenvalue weighted by Gasteiger charge is 2.23. The third kappa shape index (κ3) is 13.4. The molecule has 4 rings (SSSR count). The number of nitrogens with one attached hydrogen (secondary N) is 3. The number of halogens is 1. The average Bonchev–Trinajstić information content (AvgIpc) is 3.06. The van der Waals surface area contributed by atoms with Gasteiger partial charge >= 0.3 is 18.2 Å². The Hall–Kier alpha value is -4.78. The Morgan fingerprint density at radius 3 is 1.69 bits per heavy atom. The quantitative estimate of drug-likeness (QED) is 0.0551. The number of carbonyl (C=O) groups excluding carboxylic acids is 3. The topological polar surface area (TPSA) is 167 Å². The molecule has 0 saturated heterocycles. The molecule has 52 heavy (non-hydrogen) atoms. The average molecular weight is 738 g/mol. The smallest absolute Gasteiger partial charge is 0.408 e. The molecule has 0 bridgehead atoms. The molecule has 2 atom stereocenters. The third-order valence-electron chi connectivity index (χ3n) is 7.17. The van der Waals surface area contributed by atoms with Gasteiger partial charge in [0.05, 0.1) is 29.7 Å². The highest BCUT2D eigenvalue weighted by Crippen LogP contribution is 2.25. The van der Waals surface area contributed by atoms with E-state index in [4.69, 9.17) is 25.8 Å². The van der Waals surface area contributed by atoms with E-state index in [0.717, 1.165) is 21.8 Å². The van der Waals surface area contributed by atoms with Crippen LogP contribution in [0.15, 0.2) is 48.5 Å². The maximum atomic E-state index is 12.2. The van der Waals surface area contributed by atoms with E-state index in [0.29, 0.717) is 61.5 Å². The van der Waals surface area contributed by atoms with E-state index in [2.05, 4.69) is 35.9 Å². The van der Waals surface area contributed by atoms with E-state index < -0.39 is 23.4 Å². The summed E-state index contributed by atoms with van der Waals surface area (Å²) in [5, 5.41) is 11.0. The van der Waals surface area contributed by atoms with E-state index in [-0.39, 0.29) is 18.1 Å². The van der Waals surface area contributed by atoms with Crippen molar-refractivity contribution in [3.63, 3.8) is 0 Å². The Balaban J connectivity index is 0.000000294. The lowest BCUT2D eigenvalue weighted by atomic mass is 10.1. The molecule has 2 aromatic carbocycles. The largest absolute Gasteiger partial charge is 0.466 e. The molecule has 4 aromatic rings. The standard InChI is InChI=1S/C22H32N4O4.C16H20ClN3O2/c1-6-16(25-21(28)30-22(3,4)5)20-24-17-12-9-8-11-15(17)19(26-20)23-14-10-13-18(27)29-7-2;1-5-11(19-15(21)22-16(2,3)4)14-18-12-9-7-6-8-10(12)13(17)20-14/h8-9,11-12,16H,6-7,10,13-14H2,1-5H3,(H,25,28)(H,23,24,26);6-9,11H,5H2,1-4H3,(H,19,21)/t16-;11-/m00/s1. The summed E-state index contributed by atoms with van der Waals surface area (Å²) in [7, 11) is 0. The predicted molar refractivity (Wildman–Crippen MR) is 203 cm³/mol. The number of para-hydroxylation sites is 2. The minimum Gasteiger partial charge on any atom is -0.466 e. The highest BCUT2D eigenvalue weighted by molar-refractivity contribution is 6.34. The number of fused-ring (bicyclic) bond motifs is 2. The molecule has 3 N–H and O–H groups in total. The van der Waals surface area contributed by atoms with E-state index in [9.17, 15) is 14.4 Å². The lowest BCUT2D eigenvalue weighted by molar-refractivity contribution is -0.143. The molecular formula is C38H52ClN7O6. The molecule has 0 aliphatic heterocycles. The molecule has 0 saturated carbocycles. The summed E-state index contributed by atoms with van der Waals surface area (Å²) < 4.78 is 15.6. The fourth-order valence-corrected chi connectivity index (χ4v) is 5.11. The summed E-state index contributed by atoms with van der Waals surface area (Å²) in [4.78, 5) is 53.8. The van der Waals surface area contributed by atoms with Gasteiger partial charge in [0.2, 0.25) is 0 Å². The lowest BCUT2D eigenvalue weighted by Crippen LogP contribution is -2.35. The van der Waals surface area contributed by atoms with Gasteiger partial charge in [0.15, 0.2) is 11.6 Å².